The van der Waals surface area contributed by atoms with Gasteiger partial charge in [0.1, 0.15) is 5.75 Å². The van der Waals surface area contributed by atoms with E-state index in [-0.39, 0.29) is 0 Å². The zero-order valence-corrected chi connectivity index (χ0v) is 10.9. The molecule has 2 nitrogen and oxygen atoms in total. The number of ether oxygens (including phenoxy) is 1. The minimum absolute atomic E-state index is 0.736. The molecule has 0 radical (unpaired) electrons. The highest BCUT2D eigenvalue weighted by Crippen LogP contribution is 2.31. The van der Waals surface area contributed by atoms with Crippen LogP contribution >= 0.6 is 11.8 Å². The maximum absolute atomic E-state index is 9.03. The molecule has 0 saturated heterocycles. The van der Waals surface area contributed by atoms with Gasteiger partial charge in [-0.1, -0.05) is 30.3 Å². The number of methoxy groups -OCH3 is 1. The molecule has 0 aromatic heterocycles. The summed E-state index contributed by atoms with van der Waals surface area (Å²) >= 11 is 1.68. The molecule has 0 aliphatic rings. The van der Waals surface area contributed by atoms with Crippen LogP contribution in [0.25, 0.3) is 0 Å². The van der Waals surface area contributed by atoms with Gasteiger partial charge in [-0.2, -0.15) is 5.26 Å². The number of benzene rings is 2. The van der Waals surface area contributed by atoms with Gasteiger partial charge in [-0.15, -0.1) is 11.8 Å². The van der Waals surface area contributed by atoms with E-state index in [0.29, 0.717) is 0 Å². The van der Waals surface area contributed by atoms with E-state index in [9.17, 15) is 0 Å². The number of rotatable bonds is 4. The molecule has 0 atom stereocenters. The lowest BCUT2D eigenvalue weighted by Crippen LogP contribution is -1.89. The summed E-state index contributed by atoms with van der Waals surface area (Å²) in [7, 11) is 1.67. The van der Waals surface area contributed by atoms with Gasteiger partial charge in [0.05, 0.1) is 18.7 Å². The van der Waals surface area contributed by atoms with Gasteiger partial charge in [0.2, 0.25) is 0 Å². The van der Waals surface area contributed by atoms with Gasteiger partial charge < -0.3 is 4.74 Å². The lowest BCUT2D eigenvalue weighted by molar-refractivity contribution is 0.405. The van der Waals surface area contributed by atoms with Crippen molar-refractivity contribution >= 4 is 11.8 Å². The smallest absolute Gasteiger partial charge is 0.132 e. The van der Waals surface area contributed by atoms with Gasteiger partial charge in [0.25, 0.3) is 0 Å². The van der Waals surface area contributed by atoms with Crippen LogP contribution in [0.4, 0.5) is 0 Å². The first kappa shape index (κ1) is 12.5. The van der Waals surface area contributed by atoms with E-state index in [0.717, 1.165) is 27.5 Å². The lowest BCUT2D eigenvalue weighted by atomic mass is 10.1. The third-order valence-corrected chi connectivity index (χ3v) is 3.69. The van der Waals surface area contributed by atoms with Crippen LogP contribution < -0.4 is 4.74 Å². The number of para-hydroxylation sites is 1. The molecule has 90 valence electrons. The van der Waals surface area contributed by atoms with E-state index in [1.807, 2.05) is 48.5 Å². The number of hydrogen-bond acceptors (Lipinski definition) is 3. The maximum Gasteiger partial charge on any atom is 0.132 e. The standard InChI is InChI=1S/C15H13NOS/c1-17-14-8-4-5-9-15(14)18-11-13-7-3-2-6-12(13)10-16/h2-9H,11H2,1H3. The molecule has 2 aromatic rings. The quantitative estimate of drug-likeness (QED) is 0.778. The average Bonchev–Trinajstić information content (AvgIpc) is 2.45. The highest BCUT2D eigenvalue weighted by atomic mass is 32.2. The first-order valence-corrected chi connectivity index (χ1v) is 6.57. The Labute approximate surface area is 111 Å². The van der Waals surface area contributed by atoms with Crippen molar-refractivity contribution in [1.82, 2.24) is 0 Å². The van der Waals surface area contributed by atoms with Crippen molar-refractivity contribution in [3.8, 4) is 11.8 Å². The predicted octanol–water partition coefficient (Wildman–Crippen LogP) is 3.86. The molecule has 2 aromatic carbocycles. The molecule has 0 N–H and O–H groups in total. The zero-order valence-electron chi connectivity index (χ0n) is 10.1. The molecule has 0 saturated carbocycles. The summed E-state index contributed by atoms with van der Waals surface area (Å²) in [6.45, 7) is 0. The Morgan fingerprint density at radius 3 is 2.61 bits per heavy atom. The van der Waals surface area contributed by atoms with Crippen LogP contribution in [-0.4, -0.2) is 7.11 Å². The SMILES string of the molecule is COc1ccccc1SCc1ccccc1C#N. The van der Waals surface area contributed by atoms with E-state index in [2.05, 4.69) is 6.07 Å². The highest BCUT2D eigenvalue weighted by Gasteiger charge is 2.05. The third-order valence-electron chi connectivity index (χ3n) is 2.59. The fraction of sp³-hybridized carbons (Fsp3) is 0.133. The van der Waals surface area contributed by atoms with E-state index < -0.39 is 0 Å². The van der Waals surface area contributed by atoms with Crippen molar-refractivity contribution in [2.24, 2.45) is 0 Å². The summed E-state index contributed by atoms with van der Waals surface area (Å²) in [6.07, 6.45) is 0. The molecule has 2 rings (SSSR count). The summed E-state index contributed by atoms with van der Waals surface area (Å²) in [5, 5.41) is 9.03. The van der Waals surface area contributed by atoms with Gasteiger partial charge in [-0.3, -0.25) is 0 Å². The largest absolute Gasteiger partial charge is 0.496 e. The van der Waals surface area contributed by atoms with E-state index in [1.54, 1.807) is 18.9 Å². The second-order valence-corrected chi connectivity index (χ2v) is 4.73. The normalized spacial score (nSPS) is 9.78. The first-order valence-electron chi connectivity index (χ1n) is 5.59. The predicted molar refractivity (Wildman–Crippen MR) is 73.7 cm³/mol. The van der Waals surface area contributed by atoms with Crippen LogP contribution in [0.2, 0.25) is 0 Å². The molecule has 0 heterocycles. The van der Waals surface area contributed by atoms with Crippen LogP contribution in [-0.2, 0) is 5.75 Å². The van der Waals surface area contributed by atoms with Crippen LogP contribution in [0.3, 0.4) is 0 Å². The Kier molecular flexibility index (Phi) is 4.27. The monoisotopic (exact) mass is 255 g/mol. The lowest BCUT2D eigenvalue weighted by Gasteiger charge is -2.08. The van der Waals surface area contributed by atoms with Crippen molar-refractivity contribution in [3.05, 3.63) is 59.7 Å². The first-order chi connectivity index (χ1) is 8.85. The van der Waals surface area contributed by atoms with E-state index >= 15 is 0 Å². The third kappa shape index (κ3) is 2.85. The summed E-state index contributed by atoms with van der Waals surface area (Å²) in [4.78, 5) is 1.09. The second-order valence-electron chi connectivity index (χ2n) is 3.71. The van der Waals surface area contributed by atoms with Gasteiger partial charge in [-0.25, -0.2) is 0 Å². The van der Waals surface area contributed by atoms with E-state index in [1.165, 1.54) is 0 Å². The summed E-state index contributed by atoms with van der Waals surface area (Å²) in [6, 6.07) is 17.8. The molecule has 0 fully saturated rings. The van der Waals surface area contributed by atoms with Gasteiger partial charge in [-0.05, 0) is 23.8 Å². The Morgan fingerprint density at radius 2 is 1.83 bits per heavy atom. The number of thioether (sulfide) groups is 1. The number of hydrogen-bond donors (Lipinski definition) is 0. The Bertz CT molecular complexity index is 575. The Morgan fingerprint density at radius 1 is 1.11 bits per heavy atom. The molecular formula is C15H13NOS. The molecule has 0 aliphatic heterocycles. The van der Waals surface area contributed by atoms with Crippen LogP contribution in [0.1, 0.15) is 11.1 Å². The van der Waals surface area contributed by atoms with Crippen molar-refractivity contribution in [1.29, 1.82) is 5.26 Å². The highest BCUT2D eigenvalue weighted by molar-refractivity contribution is 7.98. The fourth-order valence-corrected chi connectivity index (χ4v) is 2.68. The van der Waals surface area contributed by atoms with Gasteiger partial charge in [0, 0.05) is 10.6 Å². The molecule has 0 spiro atoms. The molecule has 0 aliphatic carbocycles. The van der Waals surface area contributed by atoms with Crippen LogP contribution in [0.15, 0.2) is 53.4 Å². The molecule has 0 unspecified atom stereocenters. The number of nitriles is 1. The average molecular weight is 255 g/mol. The van der Waals surface area contributed by atoms with Crippen LogP contribution in [0.5, 0.6) is 5.75 Å². The zero-order chi connectivity index (χ0) is 12.8. The summed E-state index contributed by atoms with van der Waals surface area (Å²) < 4.78 is 5.30. The van der Waals surface area contributed by atoms with Crippen LogP contribution in [0, 0.1) is 11.3 Å². The van der Waals surface area contributed by atoms with Gasteiger partial charge in [0.15, 0.2) is 0 Å². The minimum Gasteiger partial charge on any atom is -0.496 e. The maximum atomic E-state index is 9.03. The fourth-order valence-electron chi connectivity index (χ4n) is 1.65. The van der Waals surface area contributed by atoms with E-state index in [4.69, 9.17) is 10.00 Å². The molecule has 3 heteroatoms. The summed E-state index contributed by atoms with van der Waals surface area (Å²) in [5.74, 6) is 1.64. The Balaban J connectivity index is 2.14. The summed E-state index contributed by atoms with van der Waals surface area (Å²) in [5.41, 5.74) is 1.79. The van der Waals surface area contributed by atoms with Crippen molar-refractivity contribution in [2.75, 3.05) is 7.11 Å². The molecule has 18 heavy (non-hydrogen) atoms. The van der Waals surface area contributed by atoms with Crippen molar-refractivity contribution < 1.29 is 4.74 Å². The molecule has 0 bridgehead atoms. The van der Waals surface area contributed by atoms with Crippen molar-refractivity contribution in [2.45, 2.75) is 10.6 Å². The molecule has 0 amide bonds. The van der Waals surface area contributed by atoms with Gasteiger partial charge >= 0.3 is 0 Å². The number of nitrogens with zero attached hydrogens (tertiary/aromatic N) is 1. The van der Waals surface area contributed by atoms with Crippen molar-refractivity contribution in [3.63, 3.8) is 0 Å². The Hall–Kier alpha value is -1.92. The topological polar surface area (TPSA) is 33.0 Å². The second kappa shape index (κ2) is 6.13. The minimum atomic E-state index is 0.736. The molecular weight excluding hydrogens is 242 g/mol.